The maximum absolute atomic E-state index is 12.4. The number of anilines is 2. The Morgan fingerprint density at radius 3 is 2.75 bits per heavy atom. The van der Waals surface area contributed by atoms with Gasteiger partial charge in [0.2, 0.25) is 5.91 Å². The molecule has 0 saturated carbocycles. The molecule has 2 aromatic rings. The van der Waals surface area contributed by atoms with Crippen LogP contribution in [0.25, 0.3) is 0 Å². The maximum Gasteiger partial charge on any atom is 0.257 e. The summed E-state index contributed by atoms with van der Waals surface area (Å²) < 4.78 is 0. The molecule has 0 bridgehead atoms. The van der Waals surface area contributed by atoms with E-state index in [9.17, 15) is 9.59 Å². The molecule has 1 aliphatic heterocycles. The number of pyridine rings is 1. The smallest absolute Gasteiger partial charge is 0.257 e. The monoisotopic (exact) mass is 400 g/mol. The molecule has 28 heavy (non-hydrogen) atoms. The second kappa shape index (κ2) is 9.06. The first-order valence-electron chi connectivity index (χ1n) is 9.50. The molecule has 7 heteroatoms. The number of carbonyl (C=O) groups excluding carboxylic acids is 2. The number of halogens is 1. The van der Waals surface area contributed by atoms with E-state index >= 15 is 0 Å². The molecule has 1 fully saturated rings. The van der Waals surface area contributed by atoms with Gasteiger partial charge in [-0.25, -0.2) is 4.98 Å². The highest BCUT2D eigenvalue weighted by molar-refractivity contribution is 6.30. The Morgan fingerprint density at radius 1 is 1.25 bits per heavy atom. The summed E-state index contributed by atoms with van der Waals surface area (Å²) in [4.78, 5) is 30.9. The van der Waals surface area contributed by atoms with Crippen molar-refractivity contribution in [1.29, 1.82) is 0 Å². The van der Waals surface area contributed by atoms with Crippen molar-refractivity contribution in [3.63, 3.8) is 0 Å². The van der Waals surface area contributed by atoms with Gasteiger partial charge in [-0.3, -0.25) is 9.59 Å². The summed E-state index contributed by atoms with van der Waals surface area (Å²) in [5, 5.41) is 6.47. The van der Waals surface area contributed by atoms with Crippen molar-refractivity contribution in [2.75, 3.05) is 23.3 Å². The molecule has 0 aliphatic carbocycles. The Hall–Kier alpha value is -2.60. The SMILES string of the molecule is CC(C)C(=O)NC1CCCN(c2ccc(C(=O)Nc3cccc(Cl)c3)cn2)C1. The van der Waals surface area contributed by atoms with Gasteiger partial charge in [-0.05, 0) is 43.2 Å². The lowest BCUT2D eigenvalue weighted by Gasteiger charge is -2.34. The normalized spacial score (nSPS) is 16.7. The molecule has 1 atom stereocenters. The van der Waals surface area contributed by atoms with Crippen LogP contribution in [0.5, 0.6) is 0 Å². The molecule has 0 spiro atoms. The third kappa shape index (κ3) is 5.23. The van der Waals surface area contributed by atoms with Gasteiger partial charge in [0.15, 0.2) is 0 Å². The highest BCUT2D eigenvalue weighted by atomic mass is 35.5. The number of rotatable bonds is 5. The van der Waals surface area contributed by atoms with Crippen LogP contribution in [0.3, 0.4) is 0 Å². The molecule has 1 saturated heterocycles. The van der Waals surface area contributed by atoms with Gasteiger partial charge in [-0.2, -0.15) is 0 Å². The summed E-state index contributed by atoms with van der Waals surface area (Å²) >= 11 is 5.95. The average molecular weight is 401 g/mol. The van der Waals surface area contributed by atoms with E-state index in [2.05, 4.69) is 20.5 Å². The molecule has 2 N–H and O–H groups in total. The van der Waals surface area contributed by atoms with Crippen molar-refractivity contribution < 1.29 is 9.59 Å². The van der Waals surface area contributed by atoms with Crippen LogP contribution in [-0.4, -0.2) is 35.9 Å². The molecular weight excluding hydrogens is 376 g/mol. The summed E-state index contributed by atoms with van der Waals surface area (Å²) in [5.41, 5.74) is 1.12. The molecule has 1 aliphatic rings. The number of amides is 2. The molecule has 148 valence electrons. The lowest BCUT2D eigenvalue weighted by Crippen LogP contribution is -2.49. The number of benzene rings is 1. The zero-order valence-electron chi connectivity index (χ0n) is 16.1. The van der Waals surface area contributed by atoms with Gasteiger partial charge in [-0.1, -0.05) is 31.5 Å². The van der Waals surface area contributed by atoms with Crippen LogP contribution in [0, 0.1) is 5.92 Å². The summed E-state index contributed by atoms with van der Waals surface area (Å²) in [6.45, 7) is 5.39. The summed E-state index contributed by atoms with van der Waals surface area (Å²) in [5.74, 6) is 0.628. The molecule has 2 amide bonds. The summed E-state index contributed by atoms with van der Waals surface area (Å²) in [6, 6.07) is 10.7. The molecule has 1 aromatic heterocycles. The van der Waals surface area contributed by atoms with E-state index in [1.807, 2.05) is 19.9 Å². The van der Waals surface area contributed by atoms with Gasteiger partial charge in [0, 0.05) is 42.0 Å². The molecule has 1 aromatic carbocycles. The molecule has 0 radical (unpaired) electrons. The minimum Gasteiger partial charge on any atom is -0.355 e. The number of nitrogens with one attached hydrogen (secondary N) is 2. The number of carbonyl (C=O) groups is 2. The van der Waals surface area contributed by atoms with E-state index in [0.717, 1.165) is 31.7 Å². The van der Waals surface area contributed by atoms with Crippen LogP contribution in [0.15, 0.2) is 42.6 Å². The standard InChI is InChI=1S/C21H25ClN4O2/c1-14(2)20(27)25-18-7-4-10-26(13-18)19-9-8-15(12-23-19)21(28)24-17-6-3-5-16(22)11-17/h3,5-6,8-9,11-12,14,18H,4,7,10,13H2,1-2H3,(H,24,28)(H,25,27). The van der Waals surface area contributed by atoms with E-state index in [-0.39, 0.29) is 23.8 Å². The fourth-order valence-corrected chi connectivity index (χ4v) is 3.34. The fraction of sp³-hybridized carbons (Fsp3) is 0.381. The van der Waals surface area contributed by atoms with Crippen LogP contribution in [0.4, 0.5) is 11.5 Å². The highest BCUT2D eigenvalue weighted by Crippen LogP contribution is 2.20. The van der Waals surface area contributed by atoms with Crippen molar-refractivity contribution in [1.82, 2.24) is 10.3 Å². The van der Waals surface area contributed by atoms with Crippen molar-refractivity contribution in [3.05, 3.63) is 53.2 Å². The fourth-order valence-electron chi connectivity index (χ4n) is 3.15. The Balaban J connectivity index is 1.61. The average Bonchev–Trinajstić information content (AvgIpc) is 2.68. The number of aromatic nitrogens is 1. The van der Waals surface area contributed by atoms with Crippen molar-refractivity contribution in [2.24, 2.45) is 5.92 Å². The van der Waals surface area contributed by atoms with Crippen molar-refractivity contribution in [3.8, 4) is 0 Å². The molecule has 3 rings (SSSR count). The van der Waals surface area contributed by atoms with E-state index in [1.54, 1.807) is 36.5 Å². The van der Waals surface area contributed by atoms with Crippen molar-refractivity contribution in [2.45, 2.75) is 32.7 Å². The second-order valence-electron chi connectivity index (χ2n) is 7.32. The predicted molar refractivity (Wildman–Crippen MR) is 112 cm³/mol. The van der Waals surface area contributed by atoms with Gasteiger partial charge in [0.05, 0.1) is 5.56 Å². The first-order valence-corrected chi connectivity index (χ1v) is 9.88. The number of hydrogen-bond acceptors (Lipinski definition) is 4. The quantitative estimate of drug-likeness (QED) is 0.801. The minimum atomic E-state index is -0.234. The van der Waals surface area contributed by atoms with Gasteiger partial charge in [-0.15, -0.1) is 0 Å². The molecule has 2 heterocycles. The molecule has 6 nitrogen and oxygen atoms in total. The highest BCUT2D eigenvalue weighted by Gasteiger charge is 2.23. The van der Waals surface area contributed by atoms with E-state index in [1.165, 1.54) is 0 Å². The summed E-state index contributed by atoms with van der Waals surface area (Å²) in [6.07, 6.45) is 3.53. The number of piperidine rings is 1. The Kier molecular flexibility index (Phi) is 6.52. The molecule has 1 unspecified atom stereocenters. The third-order valence-electron chi connectivity index (χ3n) is 4.71. The lowest BCUT2D eigenvalue weighted by atomic mass is 10.0. The number of nitrogens with zero attached hydrogens (tertiary/aromatic N) is 2. The van der Waals surface area contributed by atoms with Crippen molar-refractivity contribution >= 4 is 34.9 Å². The first-order chi connectivity index (χ1) is 13.4. The van der Waals surface area contributed by atoms with E-state index in [0.29, 0.717) is 16.3 Å². The molecular formula is C21H25ClN4O2. The zero-order chi connectivity index (χ0) is 20.1. The Bertz CT molecular complexity index is 839. The third-order valence-corrected chi connectivity index (χ3v) is 4.94. The van der Waals surface area contributed by atoms with Gasteiger partial charge in [0.25, 0.3) is 5.91 Å². The lowest BCUT2D eigenvalue weighted by molar-refractivity contribution is -0.124. The minimum absolute atomic E-state index is 0.0224. The number of hydrogen-bond donors (Lipinski definition) is 2. The topological polar surface area (TPSA) is 74.3 Å². The van der Waals surface area contributed by atoms with Gasteiger partial charge >= 0.3 is 0 Å². The Morgan fingerprint density at radius 2 is 2.07 bits per heavy atom. The van der Waals surface area contributed by atoms with Gasteiger partial charge < -0.3 is 15.5 Å². The maximum atomic E-state index is 12.4. The predicted octanol–water partition coefficient (Wildman–Crippen LogP) is 3.73. The zero-order valence-corrected chi connectivity index (χ0v) is 16.9. The largest absolute Gasteiger partial charge is 0.355 e. The second-order valence-corrected chi connectivity index (χ2v) is 7.75. The van der Waals surface area contributed by atoms with Crippen LogP contribution >= 0.6 is 11.6 Å². The van der Waals surface area contributed by atoms with E-state index in [4.69, 9.17) is 11.6 Å². The van der Waals surface area contributed by atoms with E-state index < -0.39 is 0 Å². The summed E-state index contributed by atoms with van der Waals surface area (Å²) in [7, 11) is 0. The van der Waals surface area contributed by atoms with Gasteiger partial charge in [0.1, 0.15) is 5.82 Å². The van der Waals surface area contributed by atoms with Crippen LogP contribution < -0.4 is 15.5 Å². The first kappa shape index (κ1) is 20.1. The van der Waals surface area contributed by atoms with Crippen LogP contribution in [-0.2, 0) is 4.79 Å². The van der Waals surface area contributed by atoms with Crippen LogP contribution in [0.2, 0.25) is 5.02 Å². The van der Waals surface area contributed by atoms with Crippen LogP contribution in [0.1, 0.15) is 37.0 Å². The Labute approximate surface area is 170 Å².